The van der Waals surface area contributed by atoms with Gasteiger partial charge in [-0.05, 0) is 13.3 Å². The molecule has 1 fully saturated rings. The van der Waals surface area contributed by atoms with Crippen molar-refractivity contribution in [1.82, 2.24) is 0 Å². The van der Waals surface area contributed by atoms with Crippen LogP contribution in [0.4, 0.5) is 0 Å². The second-order valence-electron chi connectivity index (χ2n) is 3.55. The molecule has 0 radical (unpaired) electrons. The van der Waals surface area contributed by atoms with Crippen molar-refractivity contribution in [3.63, 3.8) is 0 Å². The molecule has 0 aliphatic carbocycles. The Kier molecular flexibility index (Phi) is 4.28. The van der Waals surface area contributed by atoms with Crippen LogP contribution in [0.25, 0.3) is 0 Å². The first kappa shape index (κ1) is 11.9. The van der Waals surface area contributed by atoms with Gasteiger partial charge in [-0.25, -0.2) is 0 Å². The molecule has 3 N–H and O–H groups in total. The lowest BCUT2D eigenvalue weighted by Crippen LogP contribution is -2.57. The van der Waals surface area contributed by atoms with Gasteiger partial charge in [0, 0.05) is 6.61 Å². The van der Waals surface area contributed by atoms with Gasteiger partial charge < -0.3 is 24.8 Å². The molecule has 0 amide bonds. The van der Waals surface area contributed by atoms with E-state index in [0.717, 1.165) is 6.42 Å². The summed E-state index contributed by atoms with van der Waals surface area (Å²) < 4.78 is 10.2. The molecule has 0 aromatic carbocycles. The van der Waals surface area contributed by atoms with Crippen molar-refractivity contribution in [2.24, 2.45) is 0 Å². The summed E-state index contributed by atoms with van der Waals surface area (Å²) in [5.74, 6) is 0. The van der Waals surface area contributed by atoms with Gasteiger partial charge in [-0.3, -0.25) is 0 Å². The van der Waals surface area contributed by atoms with Crippen LogP contribution in [-0.2, 0) is 9.47 Å². The molecule has 5 heteroatoms. The minimum atomic E-state index is -1.28. The Morgan fingerprint density at radius 2 is 1.86 bits per heavy atom. The van der Waals surface area contributed by atoms with Crippen LogP contribution in [0.1, 0.15) is 20.3 Å². The van der Waals surface area contributed by atoms with E-state index in [1.165, 1.54) is 0 Å². The highest BCUT2D eigenvalue weighted by Gasteiger charge is 2.42. The van der Waals surface area contributed by atoms with E-state index in [2.05, 4.69) is 0 Å². The van der Waals surface area contributed by atoms with Crippen molar-refractivity contribution in [1.29, 1.82) is 0 Å². The van der Waals surface area contributed by atoms with Gasteiger partial charge in [0.05, 0.1) is 6.10 Å². The zero-order valence-corrected chi connectivity index (χ0v) is 8.46. The van der Waals surface area contributed by atoms with Crippen molar-refractivity contribution in [2.75, 3.05) is 6.61 Å². The number of aliphatic hydroxyl groups excluding tert-OH is 3. The molecule has 1 rings (SSSR count). The predicted molar refractivity (Wildman–Crippen MR) is 48.6 cm³/mol. The lowest BCUT2D eigenvalue weighted by atomic mass is 10.00. The molecule has 1 saturated heterocycles. The molecule has 0 spiro atoms. The van der Waals surface area contributed by atoms with Crippen LogP contribution in [0.15, 0.2) is 0 Å². The minimum Gasteiger partial charge on any atom is -0.388 e. The Bertz CT molecular complexity index is 161. The molecule has 0 aromatic heterocycles. The molecular weight excluding hydrogens is 188 g/mol. The van der Waals surface area contributed by atoms with Crippen LogP contribution in [-0.4, -0.2) is 52.6 Å². The van der Waals surface area contributed by atoms with E-state index in [9.17, 15) is 15.3 Å². The van der Waals surface area contributed by atoms with E-state index in [0.29, 0.717) is 6.61 Å². The zero-order valence-electron chi connectivity index (χ0n) is 8.46. The molecule has 14 heavy (non-hydrogen) atoms. The summed E-state index contributed by atoms with van der Waals surface area (Å²) >= 11 is 0. The van der Waals surface area contributed by atoms with Gasteiger partial charge >= 0.3 is 0 Å². The van der Waals surface area contributed by atoms with E-state index in [1.54, 1.807) is 6.92 Å². The first-order chi connectivity index (χ1) is 6.57. The molecule has 1 aliphatic heterocycles. The number of hydrogen-bond acceptors (Lipinski definition) is 5. The average molecular weight is 206 g/mol. The summed E-state index contributed by atoms with van der Waals surface area (Å²) in [6, 6.07) is 0. The van der Waals surface area contributed by atoms with Crippen LogP contribution in [0.3, 0.4) is 0 Å². The molecule has 1 aliphatic rings. The fourth-order valence-corrected chi connectivity index (χ4v) is 1.46. The van der Waals surface area contributed by atoms with Gasteiger partial charge in [0.15, 0.2) is 6.29 Å². The summed E-state index contributed by atoms with van der Waals surface area (Å²) in [5.41, 5.74) is 0. The Balaban J connectivity index is 2.57. The summed E-state index contributed by atoms with van der Waals surface area (Å²) in [5, 5.41) is 28.4. The van der Waals surface area contributed by atoms with Gasteiger partial charge in [-0.2, -0.15) is 0 Å². The van der Waals surface area contributed by atoms with E-state index in [1.807, 2.05) is 6.92 Å². The van der Waals surface area contributed by atoms with Crippen molar-refractivity contribution >= 4 is 0 Å². The van der Waals surface area contributed by atoms with Gasteiger partial charge in [0.25, 0.3) is 0 Å². The monoisotopic (exact) mass is 206 g/mol. The number of aliphatic hydroxyl groups is 3. The van der Waals surface area contributed by atoms with Gasteiger partial charge in [-0.1, -0.05) is 6.92 Å². The Labute approximate surface area is 83.3 Å². The fraction of sp³-hybridized carbons (Fsp3) is 1.00. The van der Waals surface area contributed by atoms with Crippen LogP contribution in [0, 0.1) is 0 Å². The number of rotatable bonds is 3. The summed E-state index contributed by atoms with van der Waals surface area (Å²) in [4.78, 5) is 0. The van der Waals surface area contributed by atoms with E-state index < -0.39 is 30.7 Å². The lowest BCUT2D eigenvalue weighted by molar-refractivity contribution is -0.286. The Morgan fingerprint density at radius 3 is 2.43 bits per heavy atom. The first-order valence-corrected chi connectivity index (χ1v) is 4.89. The minimum absolute atomic E-state index is 0.443. The highest BCUT2D eigenvalue weighted by molar-refractivity contribution is 4.87. The van der Waals surface area contributed by atoms with Gasteiger partial charge in [0.1, 0.15) is 18.3 Å². The molecule has 0 unspecified atom stereocenters. The normalized spacial score (nSPS) is 43.9. The third-order valence-corrected chi connectivity index (χ3v) is 2.31. The van der Waals surface area contributed by atoms with Crippen molar-refractivity contribution < 1.29 is 24.8 Å². The molecule has 1 heterocycles. The molecule has 0 bridgehead atoms. The van der Waals surface area contributed by atoms with Crippen LogP contribution in [0.5, 0.6) is 0 Å². The molecule has 5 atom stereocenters. The molecular formula is C9H18O5. The molecule has 0 saturated carbocycles. The topological polar surface area (TPSA) is 79.2 Å². The second-order valence-corrected chi connectivity index (χ2v) is 3.55. The lowest BCUT2D eigenvalue weighted by Gasteiger charge is -2.39. The van der Waals surface area contributed by atoms with Gasteiger partial charge in [-0.15, -0.1) is 0 Å². The predicted octanol–water partition coefficient (Wildman–Crippen LogP) is -0.760. The smallest absolute Gasteiger partial charge is 0.183 e. The standard InChI is InChI=1S/C9H18O5/c1-3-4-13-8-6(10)5(2)14-9(12)7(8)11/h5-12H,3-4H2,1-2H3/t5-,6+,7+,8+,9+/m0/s1. The average Bonchev–Trinajstić information content (AvgIpc) is 2.15. The Hall–Kier alpha value is -0.200. The maximum absolute atomic E-state index is 9.63. The second kappa shape index (κ2) is 5.04. The van der Waals surface area contributed by atoms with Crippen molar-refractivity contribution in [3.8, 4) is 0 Å². The highest BCUT2D eigenvalue weighted by atomic mass is 16.6. The number of ether oxygens (including phenoxy) is 2. The van der Waals surface area contributed by atoms with E-state index >= 15 is 0 Å². The Morgan fingerprint density at radius 1 is 1.21 bits per heavy atom. The van der Waals surface area contributed by atoms with Crippen LogP contribution >= 0.6 is 0 Å². The molecule has 5 nitrogen and oxygen atoms in total. The summed E-state index contributed by atoms with van der Waals surface area (Å²) in [6.07, 6.45) is -3.88. The quantitative estimate of drug-likeness (QED) is 0.565. The largest absolute Gasteiger partial charge is 0.388 e. The highest BCUT2D eigenvalue weighted by Crippen LogP contribution is 2.21. The molecule has 0 aromatic rings. The fourth-order valence-electron chi connectivity index (χ4n) is 1.46. The third kappa shape index (κ3) is 2.43. The first-order valence-electron chi connectivity index (χ1n) is 4.89. The van der Waals surface area contributed by atoms with E-state index in [4.69, 9.17) is 9.47 Å². The van der Waals surface area contributed by atoms with E-state index in [-0.39, 0.29) is 0 Å². The number of hydrogen-bond donors (Lipinski definition) is 3. The van der Waals surface area contributed by atoms with Gasteiger partial charge in [0.2, 0.25) is 0 Å². The molecule has 84 valence electrons. The maximum atomic E-state index is 9.63. The van der Waals surface area contributed by atoms with Crippen LogP contribution < -0.4 is 0 Å². The summed E-state index contributed by atoms with van der Waals surface area (Å²) in [6.45, 7) is 4.00. The SMILES string of the molecule is CCCO[C@H]1[C@@H](O)[C@H](O)O[C@@H](C)[C@H]1O. The van der Waals surface area contributed by atoms with Crippen molar-refractivity contribution in [3.05, 3.63) is 0 Å². The zero-order chi connectivity index (χ0) is 10.7. The third-order valence-electron chi connectivity index (χ3n) is 2.31. The van der Waals surface area contributed by atoms with Crippen LogP contribution in [0.2, 0.25) is 0 Å². The maximum Gasteiger partial charge on any atom is 0.183 e. The van der Waals surface area contributed by atoms with Crippen molar-refractivity contribution in [2.45, 2.75) is 51.0 Å². The summed E-state index contributed by atoms with van der Waals surface area (Å²) in [7, 11) is 0.